The van der Waals surface area contributed by atoms with Crippen molar-refractivity contribution in [1.29, 1.82) is 0 Å². The molecule has 4 N–H and O–H groups in total. The van der Waals surface area contributed by atoms with Crippen LogP contribution in [0.3, 0.4) is 0 Å². The summed E-state index contributed by atoms with van der Waals surface area (Å²) in [6.45, 7) is 2.05. The van der Waals surface area contributed by atoms with Gasteiger partial charge in [0, 0.05) is 12.6 Å². The Hall–Kier alpha value is -1.10. The number of carbonyl (C=O) groups is 2. The van der Waals surface area contributed by atoms with Gasteiger partial charge in [-0.25, -0.2) is 0 Å². The second-order valence-electron chi connectivity index (χ2n) is 4.66. The highest BCUT2D eigenvalue weighted by Gasteiger charge is 2.40. The van der Waals surface area contributed by atoms with Crippen LogP contribution in [0.5, 0.6) is 0 Å². The maximum absolute atomic E-state index is 12.0. The molecular formula is C11H20N2O3. The van der Waals surface area contributed by atoms with Gasteiger partial charge in [-0.15, -0.1) is 0 Å². The molecule has 1 unspecified atom stereocenters. The molecule has 0 bridgehead atoms. The van der Waals surface area contributed by atoms with Crippen LogP contribution in [-0.4, -0.2) is 29.6 Å². The number of hydrogen-bond donors (Lipinski definition) is 3. The van der Waals surface area contributed by atoms with E-state index in [1.807, 2.05) is 0 Å². The molecule has 16 heavy (non-hydrogen) atoms. The lowest BCUT2D eigenvalue weighted by Crippen LogP contribution is -2.47. The molecule has 1 rings (SSSR count). The van der Waals surface area contributed by atoms with E-state index in [9.17, 15) is 9.59 Å². The van der Waals surface area contributed by atoms with Crippen molar-refractivity contribution < 1.29 is 14.7 Å². The number of nitrogens with two attached hydrogens (primary N) is 1. The summed E-state index contributed by atoms with van der Waals surface area (Å²) in [4.78, 5) is 22.5. The fourth-order valence-corrected chi connectivity index (χ4v) is 2.27. The van der Waals surface area contributed by atoms with Crippen LogP contribution in [0.2, 0.25) is 0 Å². The van der Waals surface area contributed by atoms with E-state index in [1.165, 1.54) is 0 Å². The normalized spacial score (nSPS) is 20.4. The third-order valence-corrected chi connectivity index (χ3v) is 3.29. The Balaban J connectivity index is 2.53. The first-order chi connectivity index (χ1) is 7.50. The van der Waals surface area contributed by atoms with E-state index in [1.54, 1.807) is 6.92 Å². The maximum atomic E-state index is 12.0. The minimum Gasteiger partial charge on any atom is -0.481 e. The lowest BCUT2D eigenvalue weighted by atomic mass is 9.85. The number of nitrogens with one attached hydrogen (secondary N) is 1. The molecule has 0 saturated heterocycles. The number of carboxylic acid groups (broad SMARTS) is 1. The number of amides is 1. The summed E-state index contributed by atoms with van der Waals surface area (Å²) in [7, 11) is 0. The molecule has 0 heterocycles. The summed E-state index contributed by atoms with van der Waals surface area (Å²) >= 11 is 0. The highest BCUT2D eigenvalue weighted by molar-refractivity contribution is 5.84. The van der Waals surface area contributed by atoms with Crippen LogP contribution in [0.4, 0.5) is 0 Å². The van der Waals surface area contributed by atoms with Crippen molar-refractivity contribution in [3.63, 3.8) is 0 Å². The smallest absolute Gasteiger partial charge is 0.305 e. The van der Waals surface area contributed by atoms with Gasteiger partial charge in [-0.2, -0.15) is 0 Å². The highest BCUT2D eigenvalue weighted by atomic mass is 16.4. The lowest BCUT2D eigenvalue weighted by molar-refractivity contribution is -0.138. The van der Waals surface area contributed by atoms with E-state index in [-0.39, 0.29) is 18.4 Å². The van der Waals surface area contributed by atoms with Crippen molar-refractivity contribution >= 4 is 11.9 Å². The first-order valence-electron chi connectivity index (χ1n) is 5.73. The lowest BCUT2D eigenvalue weighted by Gasteiger charge is -2.27. The summed E-state index contributed by atoms with van der Waals surface area (Å²) < 4.78 is 0. The molecule has 1 atom stereocenters. The third kappa shape index (κ3) is 2.95. The van der Waals surface area contributed by atoms with Crippen molar-refractivity contribution in [3.8, 4) is 0 Å². The fourth-order valence-electron chi connectivity index (χ4n) is 2.27. The molecule has 0 aliphatic heterocycles. The van der Waals surface area contributed by atoms with Gasteiger partial charge in [0.25, 0.3) is 0 Å². The molecule has 0 aromatic rings. The molecule has 0 spiro atoms. The largest absolute Gasteiger partial charge is 0.481 e. The summed E-state index contributed by atoms with van der Waals surface area (Å²) in [6, 6.07) is -0.339. The van der Waals surface area contributed by atoms with E-state index in [2.05, 4.69) is 5.32 Å². The summed E-state index contributed by atoms with van der Waals surface area (Å²) in [5.41, 5.74) is 5.22. The van der Waals surface area contributed by atoms with Crippen LogP contribution in [0, 0.1) is 5.41 Å². The van der Waals surface area contributed by atoms with Crippen LogP contribution in [0.15, 0.2) is 0 Å². The van der Waals surface area contributed by atoms with Crippen LogP contribution in [0.25, 0.3) is 0 Å². The molecule has 1 aliphatic rings. The van der Waals surface area contributed by atoms with Gasteiger partial charge in [0.05, 0.1) is 11.8 Å². The van der Waals surface area contributed by atoms with Crippen LogP contribution >= 0.6 is 0 Å². The molecule has 1 saturated carbocycles. The average molecular weight is 228 g/mol. The van der Waals surface area contributed by atoms with E-state index in [0.29, 0.717) is 6.54 Å². The predicted octanol–water partition coefficient (Wildman–Crippen LogP) is 0.485. The molecule has 1 amide bonds. The Morgan fingerprint density at radius 3 is 2.44 bits per heavy atom. The third-order valence-electron chi connectivity index (χ3n) is 3.29. The molecule has 0 aromatic heterocycles. The van der Waals surface area contributed by atoms with Crippen molar-refractivity contribution in [2.45, 2.75) is 45.1 Å². The van der Waals surface area contributed by atoms with E-state index in [0.717, 1.165) is 25.7 Å². The van der Waals surface area contributed by atoms with Crippen LogP contribution in [0.1, 0.15) is 39.0 Å². The first kappa shape index (κ1) is 13.0. The van der Waals surface area contributed by atoms with Gasteiger partial charge in [-0.3, -0.25) is 9.59 Å². The Labute approximate surface area is 95.4 Å². The van der Waals surface area contributed by atoms with Gasteiger partial charge in [0.2, 0.25) is 5.91 Å². The Kier molecular flexibility index (Phi) is 4.29. The summed E-state index contributed by atoms with van der Waals surface area (Å²) in [5, 5.41) is 11.4. The molecule has 1 fully saturated rings. The zero-order valence-electron chi connectivity index (χ0n) is 9.66. The summed E-state index contributed by atoms with van der Waals surface area (Å²) in [5.74, 6) is -0.984. The van der Waals surface area contributed by atoms with E-state index in [4.69, 9.17) is 10.8 Å². The van der Waals surface area contributed by atoms with Crippen molar-refractivity contribution in [1.82, 2.24) is 5.32 Å². The Morgan fingerprint density at radius 1 is 1.44 bits per heavy atom. The molecule has 5 nitrogen and oxygen atoms in total. The number of aliphatic carboxylic acids is 1. The number of rotatable bonds is 5. The maximum Gasteiger partial charge on any atom is 0.305 e. The van der Waals surface area contributed by atoms with Crippen molar-refractivity contribution in [2.75, 3.05) is 6.54 Å². The number of carbonyl (C=O) groups excluding carboxylic acids is 1. The average Bonchev–Trinajstić information content (AvgIpc) is 2.65. The molecule has 1 aliphatic carbocycles. The van der Waals surface area contributed by atoms with E-state index >= 15 is 0 Å². The molecule has 92 valence electrons. The topological polar surface area (TPSA) is 92.4 Å². The quantitative estimate of drug-likeness (QED) is 0.638. The molecule has 0 aromatic carbocycles. The molecule has 0 radical (unpaired) electrons. The van der Waals surface area contributed by atoms with Crippen molar-refractivity contribution in [3.05, 3.63) is 0 Å². The second-order valence-corrected chi connectivity index (χ2v) is 4.66. The minimum atomic E-state index is -0.902. The Bertz CT molecular complexity index is 272. The second kappa shape index (κ2) is 5.30. The van der Waals surface area contributed by atoms with Gasteiger partial charge in [-0.1, -0.05) is 12.8 Å². The zero-order valence-corrected chi connectivity index (χ0v) is 9.66. The number of hydrogen-bond acceptors (Lipinski definition) is 3. The SMILES string of the molecule is CC(CC(=O)O)NC(=O)C1(CN)CCCC1. The highest BCUT2D eigenvalue weighted by Crippen LogP contribution is 2.37. The molecule has 5 heteroatoms. The first-order valence-corrected chi connectivity index (χ1v) is 5.73. The van der Waals surface area contributed by atoms with Gasteiger partial charge >= 0.3 is 5.97 Å². The standard InChI is InChI=1S/C11H20N2O3/c1-8(6-9(14)15)13-10(16)11(7-12)4-2-3-5-11/h8H,2-7,12H2,1H3,(H,13,16)(H,14,15). The van der Waals surface area contributed by atoms with E-state index < -0.39 is 11.4 Å². The van der Waals surface area contributed by atoms with Gasteiger partial charge in [0.15, 0.2) is 0 Å². The summed E-state index contributed by atoms with van der Waals surface area (Å²) in [6.07, 6.45) is 3.63. The Morgan fingerprint density at radius 2 is 2.00 bits per heavy atom. The van der Waals surface area contributed by atoms with Crippen molar-refractivity contribution in [2.24, 2.45) is 11.1 Å². The van der Waals surface area contributed by atoms with Crippen LogP contribution in [-0.2, 0) is 9.59 Å². The minimum absolute atomic E-state index is 0.0492. The van der Waals surface area contributed by atoms with Gasteiger partial charge in [-0.05, 0) is 19.8 Å². The zero-order chi connectivity index (χ0) is 12.2. The monoisotopic (exact) mass is 228 g/mol. The van der Waals surface area contributed by atoms with Gasteiger partial charge < -0.3 is 16.2 Å². The molecular weight excluding hydrogens is 208 g/mol. The van der Waals surface area contributed by atoms with Gasteiger partial charge in [0.1, 0.15) is 0 Å². The predicted molar refractivity (Wildman–Crippen MR) is 59.8 cm³/mol. The number of carboxylic acids is 1. The van der Waals surface area contributed by atoms with Crippen LogP contribution < -0.4 is 11.1 Å². The fraction of sp³-hybridized carbons (Fsp3) is 0.818.